The molecule has 0 radical (unpaired) electrons. The molecule has 1 aromatic rings. The van der Waals surface area contributed by atoms with E-state index < -0.39 is 0 Å². The predicted molar refractivity (Wildman–Crippen MR) is 70.2 cm³/mol. The molecule has 2 N–H and O–H groups in total. The molecule has 0 amide bonds. The molecule has 0 fully saturated rings. The van der Waals surface area contributed by atoms with Crippen LogP contribution in [0.25, 0.3) is 0 Å². The molecule has 0 bridgehead atoms. The minimum absolute atomic E-state index is 0.159. The molecule has 0 heterocycles. The Kier molecular flexibility index (Phi) is 4.13. The van der Waals surface area contributed by atoms with E-state index in [-0.39, 0.29) is 17.3 Å². The first-order valence-corrected chi connectivity index (χ1v) is 6.26. The van der Waals surface area contributed by atoms with Gasteiger partial charge in [0, 0.05) is 5.54 Å². The van der Waals surface area contributed by atoms with Gasteiger partial charge in [0.15, 0.2) is 0 Å². The Morgan fingerprint density at radius 2 is 1.94 bits per heavy atom. The topological polar surface area (TPSA) is 26.0 Å². The fraction of sp³-hybridized carbons (Fsp3) is 0.538. The van der Waals surface area contributed by atoms with Gasteiger partial charge in [-0.25, -0.2) is 4.39 Å². The molecular formula is C13H19BrFN. The molecule has 0 saturated carbocycles. The van der Waals surface area contributed by atoms with Crippen LogP contribution in [0.5, 0.6) is 0 Å². The quantitative estimate of drug-likeness (QED) is 0.894. The summed E-state index contributed by atoms with van der Waals surface area (Å²) in [6.45, 7) is 7.92. The highest BCUT2D eigenvalue weighted by molar-refractivity contribution is 9.10. The number of halogens is 2. The maximum absolute atomic E-state index is 13.8. The Morgan fingerprint density at radius 1 is 1.38 bits per heavy atom. The molecular weight excluding hydrogens is 269 g/mol. The third-order valence-corrected chi connectivity index (χ3v) is 2.97. The van der Waals surface area contributed by atoms with E-state index >= 15 is 0 Å². The molecule has 0 aliphatic rings. The van der Waals surface area contributed by atoms with Crippen molar-refractivity contribution in [2.75, 3.05) is 0 Å². The van der Waals surface area contributed by atoms with Crippen molar-refractivity contribution in [2.45, 2.75) is 45.6 Å². The fourth-order valence-corrected chi connectivity index (χ4v) is 2.24. The third kappa shape index (κ3) is 3.56. The first-order valence-electron chi connectivity index (χ1n) is 5.47. The van der Waals surface area contributed by atoms with Crippen molar-refractivity contribution in [1.82, 2.24) is 0 Å². The van der Waals surface area contributed by atoms with Gasteiger partial charge in [0.1, 0.15) is 5.82 Å². The molecule has 1 aromatic carbocycles. The molecule has 0 spiro atoms. The molecule has 1 nitrogen and oxygen atoms in total. The van der Waals surface area contributed by atoms with Crippen LogP contribution in [0.3, 0.4) is 0 Å². The highest BCUT2D eigenvalue weighted by Gasteiger charge is 2.16. The summed E-state index contributed by atoms with van der Waals surface area (Å²) < 4.78 is 14.3. The maximum atomic E-state index is 13.8. The van der Waals surface area contributed by atoms with E-state index in [9.17, 15) is 4.39 Å². The molecule has 0 aromatic heterocycles. The first kappa shape index (κ1) is 13.7. The normalized spacial score (nSPS) is 12.2. The number of nitrogens with two attached hydrogens (primary N) is 1. The number of rotatable bonds is 3. The van der Waals surface area contributed by atoms with Gasteiger partial charge in [-0.2, -0.15) is 0 Å². The van der Waals surface area contributed by atoms with Crippen molar-refractivity contribution in [3.8, 4) is 0 Å². The number of benzene rings is 1. The summed E-state index contributed by atoms with van der Waals surface area (Å²) >= 11 is 3.26. The average molecular weight is 288 g/mol. The monoisotopic (exact) mass is 287 g/mol. The highest BCUT2D eigenvalue weighted by Crippen LogP contribution is 2.28. The first-order chi connectivity index (χ1) is 7.20. The Labute approximate surface area is 105 Å². The van der Waals surface area contributed by atoms with Crippen LogP contribution in [-0.4, -0.2) is 5.54 Å². The molecule has 0 aliphatic carbocycles. The summed E-state index contributed by atoms with van der Waals surface area (Å²) in [5.41, 5.74) is 7.52. The minimum atomic E-state index is -0.272. The Balaban J connectivity index is 3.14. The highest BCUT2D eigenvalue weighted by atomic mass is 79.9. The average Bonchev–Trinajstić information content (AvgIpc) is 2.07. The number of hydrogen-bond donors (Lipinski definition) is 1. The van der Waals surface area contributed by atoms with Crippen molar-refractivity contribution in [1.29, 1.82) is 0 Å². The SMILES string of the molecule is CC(C)c1cc(CC(C)(C)N)cc(Br)c1F. The van der Waals surface area contributed by atoms with Crippen molar-refractivity contribution in [3.05, 3.63) is 33.5 Å². The van der Waals surface area contributed by atoms with E-state index in [1.807, 2.05) is 39.8 Å². The lowest BCUT2D eigenvalue weighted by atomic mass is 9.92. The van der Waals surface area contributed by atoms with Crippen LogP contribution in [-0.2, 0) is 6.42 Å². The second-order valence-corrected chi connectivity index (χ2v) is 6.16. The van der Waals surface area contributed by atoms with Crippen LogP contribution >= 0.6 is 15.9 Å². The van der Waals surface area contributed by atoms with Crippen LogP contribution in [0, 0.1) is 5.82 Å². The van der Waals surface area contributed by atoms with Crippen LogP contribution in [0.15, 0.2) is 16.6 Å². The molecule has 3 heteroatoms. The summed E-state index contributed by atoms with van der Waals surface area (Å²) in [5.74, 6) is 0.0192. The van der Waals surface area contributed by atoms with E-state index in [4.69, 9.17) is 5.73 Å². The van der Waals surface area contributed by atoms with Crippen LogP contribution in [0.1, 0.15) is 44.7 Å². The number of hydrogen-bond acceptors (Lipinski definition) is 1. The molecule has 0 atom stereocenters. The van der Waals surface area contributed by atoms with Crippen LogP contribution in [0.4, 0.5) is 4.39 Å². The zero-order valence-corrected chi connectivity index (χ0v) is 11.9. The van der Waals surface area contributed by atoms with Crippen LogP contribution < -0.4 is 5.73 Å². The van der Waals surface area contributed by atoms with Gasteiger partial charge in [-0.15, -0.1) is 0 Å². The van der Waals surface area contributed by atoms with Crippen molar-refractivity contribution in [3.63, 3.8) is 0 Å². The molecule has 0 unspecified atom stereocenters. The second-order valence-electron chi connectivity index (χ2n) is 5.30. The second kappa shape index (κ2) is 4.84. The van der Waals surface area contributed by atoms with Crippen molar-refractivity contribution >= 4 is 15.9 Å². The van der Waals surface area contributed by atoms with Gasteiger partial charge in [-0.05, 0) is 59.3 Å². The van der Waals surface area contributed by atoms with E-state index in [1.165, 1.54) is 0 Å². The molecule has 1 rings (SSSR count). The molecule has 0 aliphatic heterocycles. The summed E-state index contributed by atoms with van der Waals surface area (Å²) in [4.78, 5) is 0. The zero-order chi connectivity index (χ0) is 12.5. The Bertz CT molecular complexity index is 380. The maximum Gasteiger partial charge on any atom is 0.140 e. The standard InChI is InChI=1S/C13H19BrFN/c1-8(2)10-5-9(7-13(3,4)16)6-11(14)12(10)15/h5-6,8H,7,16H2,1-4H3. The van der Waals surface area contributed by atoms with Crippen molar-refractivity contribution < 1.29 is 4.39 Å². The van der Waals surface area contributed by atoms with Gasteiger partial charge in [0.05, 0.1) is 4.47 Å². The summed E-state index contributed by atoms with van der Waals surface area (Å²) in [6, 6.07) is 3.73. The van der Waals surface area contributed by atoms with Gasteiger partial charge in [-0.1, -0.05) is 19.9 Å². The smallest absolute Gasteiger partial charge is 0.140 e. The molecule has 0 saturated heterocycles. The van der Waals surface area contributed by atoms with Gasteiger partial charge in [-0.3, -0.25) is 0 Å². The summed E-state index contributed by atoms with van der Waals surface area (Å²) in [5, 5.41) is 0. The summed E-state index contributed by atoms with van der Waals surface area (Å²) in [7, 11) is 0. The Morgan fingerprint density at radius 3 is 2.38 bits per heavy atom. The van der Waals surface area contributed by atoms with Gasteiger partial charge >= 0.3 is 0 Å². The zero-order valence-electron chi connectivity index (χ0n) is 10.3. The Hall–Kier alpha value is -0.410. The minimum Gasteiger partial charge on any atom is -0.325 e. The van der Waals surface area contributed by atoms with Crippen molar-refractivity contribution in [2.24, 2.45) is 5.73 Å². The summed E-state index contributed by atoms with van der Waals surface area (Å²) in [6.07, 6.45) is 0.742. The van der Waals surface area contributed by atoms with Gasteiger partial charge < -0.3 is 5.73 Å². The van der Waals surface area contributed by atoms with Crippen LogP contribution in [0.2, 0.25) is 0 Å². The molecule has 16 heavy (non-hydrogen) atoms. The predicted octanol–water partition coefficient (Wildman–Crippen LogP) is 3.99. The van der Waals surface area contributed by atoms with E-state index in [0.29, 0.717) is 4.47 Å². The third-order valence-electron chi connectivity index (χ3n) is 2.40. The van der Waals surface area contributed by atoms with E-state index in [2.05, 4.69) is 15.9 Å². The fourth-order valence-electron chi connectivity index (χ4n) is 1.72. The molecule has 90 valence electrons. The lowest BCUT2D eigenvalue weighted by Crippen LogP contribution is -2.34. The lowest BCUT2D eigenvalue weighted by molar-refractivity contribution is 0.514. The largest absolute Gasteiger partial charge is 0.325 e. The lowest BCUT2D eigenvalue weighted by Gasteiger charge is -2.20. The van der Waals surface area contributed by atoms with E-state index in [0.717, 1.165) is 17.5 Å². The van der Waals surface area contributed by atoms with E-state index in [1.54, 1.807) is 0 Å². The van der Waals surface area contributed by atoms with Gasteiger partial charge in [0.25, 0.3) is 0 Å². The van der Waals surface area contributed by atoms with Gasteiger partial charge in [0.2, 0.25) is 0 Å².